The van der Waals surface area contributed by atoms with Gasteiger partial charge in [-0.3, -0.25) is 0 Å². The maximum atomic E-state index is 9.20. The van der Waals surface area contributed by atoms with Crippen molar-refractivity contribution in [1.29, 1.82) is 5.26 Å². The molecule has 1 heterocycles. The Labute approximate surface area is 117 Å². The van der Waals surface area contributed by atoms with Gasteiger partial charge in [0.1, 0.15) is 6.07 Å². The molecule has 0 aliphatic carbocycles. The Balaban J connectivity index is 2.46. The molecule has 5 heteroatoms. The van der Waals surface area contributed by atoms with Crippen LogP contribution in [0, 0.1) is 32.1 Å². The molecule has 0 spiro atoms. The first-order valence-corrected chi connectivity index (χ1v) is 6.18. The van der Waals surface area contributed by atoms with Crippen LogP contribution >= 0.6 is 11.6 Å². The highest BCUT2D eigenvalue weighted by Crippen LogP contribution is 2.26. The van der Waals surface area contributed by atoms with Gasteiger partial charge in [-0.25, -0.2) is 0 Å². The van der Waals surface area contributed by atoms with Crippen LogP contribution in [0.2, 0.25) is 5.15 Å². The fourth-order valence-electron chi connectivity index (χ4n) is 1.74. The number of hydrogen-bond acceptors (Lipinski definition) is 4. The van der Waals surface area contributed by atoms with E-state index in [1.54, 1.807) is 0 Å². The maximum Gasteiger partial charge on any atom is 0.156 e. The average molecular weight is 273 g/mol. The summed E-state index contributed by atoms with van der Waals surface area (Å²) in [5.74, 6) is 0.615. The molecular formula is C14H13ClN4. The zero-order chi connectivity index (χ0) is 14.0. The van der Waals surface area contributed by atoms with Gasteiger partial charge in [-0.15, -0.1) is 10.2 Å². The first-order valence-electron chi connectivity index (χ1n) is 5.80. The van der Waals surface area contributed by atoms with Gasteiger partial charge in [0.2, 0.25) is 0 Å². The number of anilines is 2. The van der Waals surface area contributed by atoms with Crippen molar-refractivity contribution >= 4 is 23.1 Å². The molecule has 0 radical (unpaired) electrons. The van der Waals surface area contributed by atoms with E-state index in [2.05, 4.69) is 21.6 Å². The van der Waals surface area contributed by atoms with E-state index >= 15 is 0 Å². The van der Waals surface area contributed by atoms with Crippen molar-refractivity contribution in [2.45, 2.75) is 20.8 Å². The van der Waals surface area contributed by atoms with E-state index in [-0.39, 0.29) is 0 Å². The molecule has 0 atom stereocenters. The van der Waals surface area contributed by atoms with Gasteiger partial charge < -0.3 is 5.32 Å². The molecule has 0 bridgehead atoms. The molecule has 0 aliphatic rings. The fraction of sp³-hybridized carbons (Fsp3) is 0.214. The number of rotatable bonds is 2. The Bertz CT molecular complexity index is 674. The van der Waals surface area contributed by atoms with Gasteiger partial charge >= 0.3 is 0 Å². The third kappa shape index (κ3) is 2.51. The minimum atomic E-state index is 0.396. The van der Waals surface area contributed by atoms with Crippen LogP contribution < -0.4 is 5.32 Å². The number of benzene rings is 1. The molecule has 1 N–H and O–H groups in total. The summed E-state index contributed by atoms with van der Waals surface area (Å²) in [5, 5.41) is 20.7. The van der Waals surface area contributed by atoms with Crippen molar-refractivity contribution in [2.24, 2.45) is 0 Å². The van der Waals surface area contributed by atoms with Crippen LogP contribution in [0.1, 0.15) is 22.3 Å². The van der Waals surface area contributed by atoms with E-state index in [0.717, 1.165) is 22.4 Å². The maximum absolute atomic E-state index is 9.20. The van der Waals surface area contributed by atoms with Crippen molar-refractivity contribution in [3.05, 3.63) is 45.6 Å². The summed E-state index contributed by atoms with van der Waals surface area (Å²) in [5.41, 5.74) is 4.05. The number of nitriles is 1. The second-order valence-corrected chi connectivity index (χ2v) is 4.68. The third-order valence-electron chi connectivity index (χ3n) is 3.10. The molecule has 0 unspecified atom stereocenters. The van der Waals surface area contributed by atoms with Gasteiger partial charge in [-0.2, -0.15) is 5.26 Å². The summed E-state index contributed by atoms with van der Waals surface area (Å²) >= 11 is 5.92. The summed E-state index contributed by atoms with van der Waals surface area (Å²) in [7, 11) is 0. The average Bonchev–Trinajstić information content (AvgIpc) is 2.40. The quantitative estimate of drug-likeness (QED) is 0.906. The van der Waals surface area contributed by atoms with E-state index in [0.29, 0.717) is 16.5 Å². The van der Waals surface area contributed by atoms with Gasteiger partial charge in [0.25, 0.3) is 0 Å². The molecule has 19 heavy (non-hydrogen) atoms. The van der Waals surface area contributed by atoms with E-state index in [1.165, 1.54) is 0 Å². The zero-order valence-electron chi connectivity index (χ0n) is 11.0. The fourth-order valence-corrected chi connectivity index (χ4v) is 1.92. The Morgan fingerprint density at radius 3 is 2.58 bits per heavy atom. The van der Waals surface area contributed by atoms with Gasteiger partial charge in [-0.1, -0.05) is 23.7 Å². The van der Waals surface area contributed by atoms with Crippen molar-refractivity contribution in [3.63, 3.8) is 0 Å². The molecule has 1 aromatic heterocycles. The van der Waals surface area contributed by atoms with Gasteiger partial charge in [0, 0.05) is 0 Å². The molecule has 0 aliphatic heterocycles. The number of hydrogen-bond donors (Lipinski definition) is 1. The summed E-state index contributed by atoms with van der Waals surface area (Å²) in [6.45, 7) is 5.70. The highest BCUT2D eigenvalue weighted by Gasteiger charge is 2.11. The summed E-state index contributed by atoms with van der Waals surface area (Å²) in [4.78, 5) is 0. The lowest BCUT2D eigenvalue weighted by Crippen LogP contribution is -2.03. The van der Waals surface area contributed by atoms with Crippen molar-refractivity contribution < 1.29 is 0 Å². The lowest BCUT2D eigenvalue weighted by Gasteiger charge is -2.12. The Kier molecular flexibility index (Phi) is 3.68. The molecule has 0 fully saturated rings. The van der Waals surface area contributed by atoms with Gasteiger partial charge in [0.15, 0.2) is 11.0 Å². The highest BCUT2D eigenvalue weighted by atomic mass is 35.5. The molecule has 4 nitrogen and oxygen atoms in total. The zero-order valence-corrected chi connectivity index (χ0v) is 11.7. The predicted molar refractivity (Wildman–Crippen MR) is 75.7 cm³/mol. The Morgan fingerprint density at radius 1 is 1.16 bits per heavy atom. The normalized spacial score (nSPS) is 10.1. The number of nitrogens with zero attached hydrogens (tertiary/aromatic N) is 3. The van der Waals surface area contributed by atoms with Crippen LogP contribution in [0.5, 0.6) is 0 Å². The van der Waals surface area contributed by atoms with Crippen molar-refractivity contribution in [1.82, 2.24) is 10.2 Å². The minimum absolute atomic E-state index is 0.396. The molecule has 2 rings (SSSR count). The van der Waals surface area contributed by atoms with Gasteiger partial charge in [-0.05, 0) is 43.5 Å². The standard InChI is InChI=1S/C14H13ClN4/c1-8-5-4-6-12(11(8)7-16)17-14-10(3)9(2)13(15)18-19-14/h4-6H,1-3H3,(H,17,19). The summed E-state index contributed by atoms with van der Waals surface area (Å²) in [6.07, 6.45) is 0. The monoisotopic (exact) mass is 272 g/mol. The smallest absolute Gasteiger partial charge is 0.156 e. The van der Waals surface area contributed by atoms with Crippen LogP contribution in [0.3, 0.4) is 0 Å². The minimum Gasteiger partial charge on any atom is -0.337 e. The van der Waals surface area contributed by atoms with E-state index in [9.17, 15) is 5.26 Å². The second-order valence-electron chi connectivity index (χ2n) is 4.32. The van der Waals surface area contributed by atoms with Crippen LogP contribution in [-0.4, -0.2) is 10.2 Å². The topological polar surface area (TPSA) is 61.6 Å². The number of halogens is 1. The van der Waals surface area contributed by atoms with Crippen molar-refractivity contribution in [3.8, 4) is 6.07 Å². The molecule has 0 amide bonds. The molecule has 0 saturated carbocycles. The lowest BCUT2D eigenvalue weighted by molar-refractivity contribution is 1.00. The first-order chi connectivity index (χ1) is 9.04. The predicted octanol–water partition coefficient (Wildman–Crippen LogP) is 3.67. The van der Waals surface area contributed by atoms with E-state index < -0.39 is 0 Å². The molecule has 96 valence electrons. The SMILES string of the molecule is Cc1cccc(Nc2nnc(Cl)c(C)c2C)c1C#N. The van der Waals surface area contributed by atoms with E-state index in [4.69, 9.17) is 11.6 Å². The lowest BCUT2D eigenvalue weighted by atomic mass is 10.1. The second kappa shape index (κ2) is 5.25. The van der Waals surface area contributed by atoms with Gasteiger partial charge in [0.05, 0.1) is 11.3 Å². The van der Waals surface area contributed by atoms with Crippen molar-refractivity contribution in [2.75, 3.05) is 5.32 Å². The third-order valence-corrected chi connectivity index (χ3v) is 3.46. The first kappa shape index (κ1) is 13.3. The number of aromatic nitrogens is 2. The Morgan fingerprint density at radius 2 is 1.89 bits per heavy atom. The molecule has 2 aromatic rings. The summed E-state index contributed by atoms with van der Waals surface area (Å²) < 4.78 is 0. The highest BCUT2D eigenvalue weighted by molar-refractivity contribution is 6.30. The van der Waals surface area contributed by atoms with Crippen LogP contribution in [0.25, 0.3) is 0 Å². The largest absolute Gasteiger partial charge is 0.337 e. The van der Waals surface area contributed by atoms with E-state index in [1.807, 2.05) is 39.0 Å². The Hall–Kier alpha value is -2.12. The number of aryl methyl sites for hydroxylation is 1. The van der Waals surface area contributed by atoms with Crippen LogP contribution in [-0.2, 0) is 0 Å². The number of nitrogens with one attached hydrogen (secondary N) is 1. The van der Waals surface area contributed by atoms with Crippen LogP contribution in [0.4, 0.5) is 11.5 Å². The molecular weight excluding hydrogens is 260 g/mol. The van der Waals surface area contributed by atoms with Crippen LogP contribution in [0.15, 0.2) is 18.2 Å². The summed E-state index contributed by atoms with van der Waals surface area (Å²) in [6, 6.07) is 7.83. The molecule has 0 saturated heterocycles. The molecule has 1 aromatic carbocycles.